The molecule has 33 heavy (non-hydrogen) atoms. The fourth-order valence-electron chi connectivity index (χ4n) is 4.84. The molecule has 0 aromatic heterocycles. The van der Waals surface area contributed by atoms with E-state index in [-0.39, 0.29) is 30.4 Å². The van der Waals surface area contributed by atoms with E-state index in [2.05, 4.69) is 5.32 Å². The van der Waals surface area contributed by atoms with Gasteiger partial charge < -0.3 is 15.3 Å². The van der Waals surface area contributed by atoms with Gasteiger partial charge in [0, 0.05) is 42.1 Å². The van der Waals surface area contributed by atoms with Crippen molar-refractivity contribution in [2.45, 2.75) is 51.5 Å². The van der Waals surface area contributed by atoms with Gasteiger partial charge in [-0.25, -0.2) is 8.78 Å². The van der Waals surface area contributed by atoms with E-state index >= 15 is 0 Å². The molecule has 1 aliphatic heterocycles. The van der Waals surface area contributed by atoms with Gasteiger partial charge in [-0.3, -0.25) is 9.59 Å². The SMILES string of the molecule is CC(C)(CC(=O)N1CC[C@@](CO)(c2ccc(F)cc2F)C(C)(C)C1)NC(=O)c1ccccc1. The van der Waals surface area contributed by atoms with Crippen LogP contribution >= 0.6 is 0 Å². The van der Waals surface area contributed by atoms with Crippen molar-refractivity contribution in [3.05, 3.63) is 71.3 Å². The molecule has 0 unspecified atom stereocenters. The first-order valence-corrected chi connectivity index (χ1v) is 11.1. The number of aliphatic hydroxyl groups is 1. The quantitative estimate of drug-likeness (QED) is 0.686. The van der Waals surface area contributed by atoms with Gasteiger partial charge in [-0.2, -0.15) is 0 Å². The van der Waals surface area contributed by atoms with E-state index in [0.29, 0.717) is 25.1 Å². The number of likely N-dealkylation sites (tertiary alicyclic amines) is 1. The molecule has 0 spiro atoms. The second kappa shape index (κ2) is 9.21. The van der Waals surface area contributed by atoms with Crippen molar-refractivity contribution < 1.29 is 23.5 Å². The van der Waals surface area contributed by atoms with Crippen molar-refractivity contribution in [3.8, 4) is 0 Å². The molecule has 0 radical (unpaired) electrons. The van der Waals surface area contributed by atoms with Crippen molar-refractivity contribution in [2.75, 3.05) is 19.7 Å². The number of hydrogen-bond acceptors (Lipinski definition) is 3. The van der Waals surface area contributed by atoms with Crippen molar-refractivity contribution in [3.63, 3.8) is 0 Å². The number of benzene rings is 2. The highest BCUT2D eigenvalue weighted by Crippen LogP contribution is 2.48. The van der Waals surface area contributed by atoms with Crippen molar-refractivity contribution in [1.29, 1.82) is 0 Å². The number of carbonyl (C=O) groups excluding carboxylic acids is 2. The Morgan fingerprint density at radius 3 is 2.36 bits per heavy atom. The molecule has 2 N–H and O–H groups in total. The van der Waals surface area contributed by atoms with E-state index in [4.69, 9.17) is 0 Å². The summed E-state index contributed by atoms with van der Waals surface area (Å²) in [6, 6.07) is 12.2. The Kier molecular flexibility index (Phi) is 6.93. The lowest BCUT2D eigenvalue weighted by molar-refractivity contribution is -0.138. The summed E-state index contributed by atoms with van der Waals surface area (Å²) in [4.78, 5) is 27.4. The second-order valence-corrected chi connectivity index (χ2v) is 10.2. The number of rotatable bonds is 6. The second-order valence-electron chi connectivity index (χ2n) is 10.2. The average Bonchev–Trinajstić information content (AvgIpc) is 2.73. The summed E-state index contributed by atoms with van der Waals surface area (Å²) < 4.78 is 28.2. The largest absolute Gasteiger partial charge is 0.395 e. The first kappa shape index (κ1) is 24.8. The van der Waals surface area contributed by atoms with Crippen LogP contribution in [0.2, 0.25) is 0 Å². The molecule has 2 aromatic carbocycles. The van der Waals surface area contributed by atoms with Gasteiger partial charge in [-0.1, -0.05) is 38.1 Å². The molecule has 2 aromatic rings. The average molecular weight is 459 g/mol. The molecule has 5 nitrogen and oxygen atoms in total. The Morgan fingerprint density at radius 2 is 1.79 bits per heavy atom. The molecule has 0 aliphatic carbocycles. The molecule has 178 valence electrons. The van der Waals surface area contributed by atoms with Crippen LogP contribution in [0.25, 0.3) is 0 Å². The third kappa shape index (κ3) is 5.08. The zero-order valence-corrected chi connectivity index (χ0v) is 19.6. The first-order chi connectivity index (χ1) is 15.4. The van der Waals surface area contributed by atoms with Gasteiger partial charge in [0.2, 0.25) is 5.91 Å². The molecular weight excluding hydrogens is 426 g/mol. The Morgan fingerprint density at radius 1 is 1.12 bits per heavy atom. The Labute approximate surface area is 193 Å². The number of piperidine rings is 1. The van der Waals surface area contributed by atoms with E-state index < -0.39 is 28.0 Å². The third-order valence-electron chi connectivity index (χ3n) is 6.84. The van der Waals surface area contributed by atoms with Crippen LogP contribution in [-0.4, -0.2) is 47.1 Å². The zero-order chi connectivity index (χ0) is 24.4. The van der Waals surface area contributed by atoms with Gasteiger partial charge in [-0.15, -0.1) is 0 Å². The number of nitrogens with one attached hydrogen (secondary N) is 1. The molecule has 1 saturated heterocycles. The highest BCUT2D eigenvalue weighted by atomic mass is 19.1. The number of amides is 2. The predicted molar refractivity (Wildman–Crippen MR) is 123 cm³/mol. The minimum Gasteiger partial charge on any atom is -0.395 e. The number of carbonyl (C=O) groups is 2. The lowest BCUT2D eigenvalue weighted by atomic mass is 9.58. The molecule has 1 atom stereocenters. The van der Waals surface area contributed by atoms with E-state index in [0.717, 1.165) is 6.07 Å². The molecule has 0 bridgehead atoms. The van der Waals surface area contributed by atoms with Crippen molar-refractivity contribution in [1.82, 2.24) is 10.2 Å². The number of nitrogens with zero attached hydrogens (tertiary/aromatic N) is 1. The van der Waals surface area contributed by atoms with E-state index in [1.807, 2.05) is 19.9 Å². The monoisotopic (exact) mass is 458 g/mol. The van der Waals surface area contributed by atoms with Gasteiger partial charge in [0.15, 0.2) is 0 Å². The van der Waals surface area contributed by atoms with Gasteiger partial charge in [0.1, 0.15) is 11.6 Å². The van der Waals surface area contributed by atoms with Crippen LogP contribution in [0.4, 0.5) is 8.78 Å². The minimum atomic E-state index is -0.946. The lowest BCUT2D eigenvalue weighted by Crippen LogP contribution is -2.59. The number of aliphatic hydroxyl groups excluding tert-OH is 1. The van der Waals surface area contributed by atoms with Gasteiger partial charge in [0.05, 0.1) is 6.61 Å². The summed E-state index contributed by atoms with van der Waals surface area (Å²) in [5, 5.41) is 13.2. The third-order valence-corrected chi connectivity index (χ3v) is 6.84. The minimum absolute atomic E-state index is 0.0959. The summed E-state index contributed by atoms with van der Waals surface area (Å²) in [7, 11) is 0. The molecule has 7 heteroatoms. The summed E-state index contributed by atoms with van der Waals surface area (Å²) in [5.74, 6) is -1.75. The summed E-state index contributed by atoms with van der Waals surface area (Å²) in [5.41, 5.74) is -1.61. The van der Waals surface area contributed by atoms with E-state index in [1.165, 1.54) is 12.1 Å². The predicted octanol–water partition coefficient (Wildman–Crippen LogP) is 4.05. The van der Waals surface area contributed by atoms with Crippen LogP contribution in [-0.2, 0) is 10.2 Å². The van der Waals surface area contributed by atoms with Gasteiger partial charge in [0.25, 0.3) is 5.91 Å². The summed E-state index contributed by atoms with van der Waals surface area (Å²) in [6.07, 6.45) is 0.431. The maximum absolute atomic E-state index is 14.7. The number of hydrogen-bond donors (Lipinski definition) is 2. The van der Waals surface area contributed by atoms with Crippen molar-refractivity contribution in [2.24, 2.45) is 5.41 Å². The molecular formula is C26H32F2N2O3. The Hall–Kier alpha value is -2.80. The Balaban J connectivity index is 1.73. The topological polar surface area (TPSA) is 69.6 Å². The van der Waals surface area contributed by atoms with Crippen LogP contribution in [0.15, 0.2) is 48.5 Å². The maximum atomic E-state index is 14.7. The summed E-state index contributed by atoms with van der Waals surface area (Å²) >= 11 is 0. The van der Waals surface area contributed by atoms with Crippen LogP contribution < -0.4 is 5.32 Å². The van der Waals surface area contributed by atoms with Crippen LogP contribution in [0, 0.1) is 17.0 Å². The van der Waals surface area contributed by atoms with Crippen LogP contribution in [0.1, 0.15) is 56.5 Å². The van der Waals surface area contributed by atoms with Crippen molar-refractivity contribution >= 4 is 11.8 Å². The van der Waals surface area contributed by atoms with Crippen LogP contribution in [0.3, 0.4) is 0 Å². The molecule has 3 rings (SSSR count). The highest BCUT2D eigenvalue weighted by Gasteiger charge is 2.51. The number of halogens is 2. The summed E-state index contributed by atoms with van der Waals surface area (Å²) in [6.45, 7) is 7.67. The molecule has 1 aliphatic rings. The zero-order valence-electron chi connectivity index (χ0n) is 19.6. The molecule has 2 amide bonds. The van der Waals surface area contributed by atoms with Gasteiger partial charge >= 0.3 is 0 Å². The first-order valence-electron chi connectivity index (χ1n) is 11.1. The van der Waals surface area contributed by atoms with Gasteiger partial charge in [-0.05, 0) is 49.4 Å². The standard InChI is InChI=1S/C26H32F2N2O3/c1-24(2)16-30(13-12-26(24,17-31)20-11-10-19(27)14-21(20)28)22(32)15-25(3,4)29-23(33)18-8-6-5-7-9-18/h5-11,14,31H,12-13,15-17H2,1-4H3,(H,29,33)/t26-/m1/s1. The van der Waals surface area contributed by atoms with E-state index in [1.54, 1.807) is 43.0 Å². The fourth-order valence-corrected chi connectivity index (χ4v) is 4.84. The van der Waals surface area contributed by atoms with Crippen LogP contribution in [0.5, 0.6) is 0 Å². The van der Waals surface area contributed by atoms with E-state index in [9.17, 15) is 23.5 Å². The molecule has 1 heterocycles. The highest BCUT2D eigenvalue weighted by molar-refractivity contribution is 5.95. The smallest absolute Gasteiger partial charge is 0.251 e. The lowest BCUT2D eigenvalue weighted by Gasteiger charge is -2.53. The normalized spacial score (nSPS) is 20.4. The molecule has 1 fully saturated rings. The molecule has 0 saturated carbocycles. The maximum Gasteiger partial charge on any atom is 0.251 e. The fraction of sp³-hybridized carbons (Fsp3) is 0.462. The Bertz CT molecular complexity index is 1020.